The maximum absolute atomic E-state index is 15.0. The van der Waals surface area contributed by atoms with Crippen LogP contribution in [0.2, 0.25) is 0 Å². The maximum Gasteiger partial charge on any atom is 0.432 e. The number of esters is 1. The summed E-state index contributed by atoms with van der Waals surface area (Å²) in [6.45, 7) is -1.66. The first kappa shape index (κ1) is 46.1. The zero-order valence-corrected chi connectivity index (χ0v) is 34.2. The standard InChI is InChI=1S/C29H28F2N3O12P.C7H6Cl2NO2P/c1-42-20-9-17-10-21(45-24(17)18(11-20)13-35)14-43-23(36)12-19-7-8-34(28(39)32-19)27-29(30,31)25(37)22(46-27)15-44-47(40,41)33-26(38)16-5-3-2-4-6-16;8-13(9,12)10-7(11)6-4-2-1-3-5-6/h2-11,22,25,27,35,37H,12-15H2,1H3,(H2,33,38,40,41);1-5H,(H,10,11,12)/t22-,25-,27?;/m1./s1. The molecule has 6 rings (SSSR count). The average Bonchev–Trinajstić information content (AvgIpc) is 3.72. The number of nitrogens with zero attached hydrogens (tertiary/aromatic N) is 2. The van der Waals surface area contributed by atoms with Crippen LogP contribution in [-0.4, -0.2) is 74.3 Å². The average molecular weight is 918 g/mol. The third-order valence-electron chi connectivity index (χ3n) is 8.30. The van der Waals surface area contributed by atoms with Gasteiger partial charge in [0.2, 0.25) is 6.23 Å². The zero-order chi connectivity index (χ0) is 43.8. The summed E-state index contributed by atoms with van der Waals surface area (Å²) in [4.78, 5) is 62.1. The topological polar surface area (TPSA) is 255 Å². The molecule has 0 bridgehead atoms. The molecule has 3 aromatic carbocycles. The summed E-state index contributed by atoms with van der Waals surface area (Å²) in [6.07, 6.45) is -6.48. The molecule has 0 saturated carbocycles. The van der Waals surface area contributed by atoms with Gasteiger partial charge in [-0.3, -0.25) is 38.2 Å². The molecule has 18 nitrogen and oxygen atoms in total. The van der Waals surface area contributed by atoms with Gasteiger partial charge in [-0.05, 0) is 71.0 Å². The van der Waals surface area contributed by atoms with Crippen molar-refractivity contribution in [3.8, 4) is 5.75 Å². The Balaban J connectivity index is 0.000000448. The van der Waals surface area contributed by atoms with Crippen LogP contribution in [0.15, 0.2) is 100 Å². The summed E-state index contributed by atoms with van der Waals surface area (Å²) in [7, 11) is -3.41. The fourth-order valence-electron chi connectivity index (χ4n) is 5.50. The minimum Gasteiger partial charge on any atom is -0.497 e. The Hall–Kier alpha value is -5.01. The number of aromatic nitrogens is 2. The molecule has 5 N–H and O–H groups in total. The number of fused-ring (bicyclic) bond motifs is 1. The minimum atomic E-state index is -4.88. The van der Waals surface area contributed by atoms with E-state index in [9.17, 15) is 52.2 Å². The first-order chi connectivity index (χ1) is 28.3. The van der Waals surface area contributed by atoms with Crippen molar-refractivity contribution >= 4 is 65.0 Å². The molecule has 2 aromatic heterocycles. The molecular weight excluding hydrogens is 883 g/mol. The molecule has 1 aliphatic rings. The van der Waals surface area contributed by atoms with E-state index in [1.54, 1.807) is 59.7 Å². The minimum absolute atomic E-state index is 0.0302. The number of furan rings is 1. The number of amides is 2. The highest BCUT2D eigenvalue weighted by Crippen LogP contribution is 2.52. The lowest BCUT2D eigenvalue weighted by Crippen LogP contribution is -2.42. The summed E-state index contributed by atoms with van der Waals surface area (Å²) < 4.78 is 79.4. The highest BCUT2D eigenvalue weighted by Gasteiger charge is 2.60. The van der Waals surface area contributed by atoms with E-state index in [0.29, 0.717) is 32.4 Å². The molecule has 5 aromatic rings. The molecule has 2 amide bonds. The van der Waals surface area contributed by atoms with Crippen LogP contribution in [0.25, 0.3) is 11.0 Å². The van der Waals surface area contributed by atoms with Gasteiger partial charge >= 0.3 is 31.3 Å². The lowest BCUT2D eigenvalue weighted by Gasteiger charge is -2.21. The van der Waals surface area contributed by atoms with E-state index >= 15 is 0 Å². The van der Waals surface area contributed by atoms with Crippen molar-refractivity contribution in [1.82, 2.24) is 19.7 Å². The van der Waals surface area contributed by atoms with Crippen LogP contribution in [0.1, 0.15) is 44.0 Å². The number of methoxy groups -OCH3 is 1. The van der Waals surface area contributed by atoms with Crippen molar-refractivity contribution in [2.24, 2.45) is 0 Å². The normalized spacial score (nSPS) is 18.1. The van der Waals surface area contributed by atoms with Crippen LogP contribution in [0, 0.1) is 0 Å². The Labute approximate surface area is 347 Å². The first-order valence-electron chi connectivity index (χ1n) is 17.2. The van der Waals surface area contributed by atoms with Gasteiger partial charge in [-0.15, -0.1) is 0 Å². The number of halogens is 4. The van der Waals surface area contributed by atoms with Gasteiger partial charge in [0, 0.05) is 28.3 Å². The Morgan fingerprint density at radius 2 is 1.58 bits per heavy atom. The number of aliphatic hydroxyl groups is 2. The Morgan fingerprint density at radius 1 is 0.967 bits per heavy atom. The van der Waals surface area contributed by atoms with Gasteiger partial charge in [0.1, 0.15) is 29.8 Å². The van der Waals surface area contributed by atoms with Gasteiger partial charge in [0.15, 0.2) is 6.10 Å². The van der Waals surface area contributed by atoms with Crippen LogP contribution in [-0.2, 0) is 47.6 Å². The molecule has 24 heteroatoms. The molecule has 2 unspecified atom stereocenters. The number of benzene rings is 3. The van der Waals surface area contributed by atoms with Gasteiger partial charge in [0.25, 0.3) is 11.8 Å². The summed E-state index contributed by atoms with van der Waals surface area (Å²) in [5, 5.41) is 24.1. The summed E-state index contributed by atoms with van der Waals surface area (Å²) in [5.41, 5.74) is -0.128. The monoisotopic (exact) mass is 916 g/mol. The number of ether oxygens (including phenoxy) is 3. The Bertz CT molecular complexity index is 2490. The predicted molar refractivity (Wildman–Crippen MR) is 208 cm³/mol. The fraction of sp³-hybridized carbons (Fsp3) is 0.250. The largest absolute Gasteiger partial charge is 0.497 e. The van der Waals surface area contributed by atoms with Gasteiger partial charge in [-0.1, -0.05) is 36.4 Å². The third-order valence-corrected chi connectivity index (χ3v) is 10.3. The second kappa shape index (κ2) is 19.6. The number of rotatable bonds is 14. The molecule has 60 heavy (non-hydrogen) atoms. The van der Waals surface area contributed by atoms with Gasteiger partial charge in [0.05, 0.1) is 32.4 Å². The molecule has 0 radical (unpaired) electrons. The van der Waals surface area contributed by atoms with E-state index in [-0.39, 0.29) is 30.2 Å². The lowest BCUT2D eigenvalue weighted by atomic mass is 10.1. The predicted octanol–water partition coefficient (Wildman–Crippen LogP) is 5.22. The molecule has 4 atom stereocenters. The van der Waals surface area contributed by atoms with Gasteiger partial charge < -0.3 is 33.7 Å². The SMILES string of the molecule is COc1cc(CO)c2oc(COC(=O)Cc3ccn(C4O[C@H](COP(=O)(O)NC(=O)c5ccccc5)[C@@H](O)C4(F)F)c(=O)n3)cc2c1.O=C(NP(=O)(Cl)Cl)c1ccccc1. The highest BCUT2D eigenvalue weighted by molar-refractivity contribution is 8.07. The number of carbonyl (C=O) groups excluding carboxylic acids is 3. The van der Waals surface area contributed by atoms with Crippen LogP contribution in [0.4, 0.5) is 8.78 Å². The number of carbonyl (C=O) groups is 3. The number of aliphatic hydroxyl groups excluding tert-OH is 2. The van der Waals surface area contributed by atoms with Crippen molar-refractivity contribution in [2.45, 2.75) is 44.0 Å². The van der Waals surface area contributed by atoms with Crippen molar-refractivity contribution in [2.75, 3.05) is 13.7 Å². The van der Waals surface area contributed by atoms with Crippen molar-refractivity contribution in [3.05, 3.63) is 130 Å². The molecule has 3 heterocycles. The van der Waals surface area contributed by atoms with Crippen molar-refractivity contribution in [3.63, 3.8) is 0 Å². The number of alkyl halides is 2. The molecule has 0 aliphatic carbocycles. The lowest BCUT2D eigenvalue weighted by molar-refractivity contribution is -0.144. The molecule has 0 spiro atoms. The number of hydrogen-bond acceptors (Lipinski definition) is 14. The quantitative estimate of drug-likeness (QED) is 0.0707. The van der Waals surface area contributed by atoms with Gasteiger partial charge in [-0.2, -0.15) is 13.8 Å². The van der Waals surface area contributed by atoms with Crippen LogP contribution < -0.4 is 20.6 Å². The third kappa shape index (κ3) is 12.1. The van der Waals surface area contributed by atoms with Crippen molar-refractivity contribution in [1.29, 1.82) is 0 Å². The van der Waals surface area contributed by atoms with E-state index in [2.05, 4.69) is 4.98 Å². The Kier molecular flexibility index (Phi) is 15.0. The van der Waals surface area contributed by atoms with Crippen LogP contribution in [0.5, 0.6) is 5.75 Å². The smallest absolute Gasteiger partial charge is 0.432 e. The van der Waals surface area contributed by atoms with Gasteiger partial charge in [-0.25, -0.2) is 9.36 Å². The molecule has 1 aliphatic heterocycles. The molecule has 320 valence electrons. The maximum atomic E-state index is 15.0. The van der Waals surface area contributed by atoms with E-state index < -0.39 is 74.6 Å². The first-order valence-corrected chi connectivity index (χ1v) is 22.3. The molecule has 1 fully saturated rings. The van der Waals surface area contributed by atoms with E-state index in [1.165, 1.54) is 31.4 Å². The summed E-state index contributed by atoms with van der Waals surface area (Å²) in [5.74, 6) is -9.22. The molecule has 1 saturated heterocycles. The van der Waals surface area contributed by atoms with Crippen LogP contribution in [0.3, 0.4) is 0 Å². The molecular formula is C36H34Cl2F2N4O14P2. The van der Waals surface area contributed by atoms with E-state index in [1.807, 2.05) is 5.09 Å². The van der Waals surface area contributed by atoms with E-state index in [4.69, 9.17) is 45.6 Å². The zero-order valence-electron chi connectivity index (χ0n) is 30.9. The highest BCUT2D eigenvalue weighted by atomic mass is 35.9. The second-order valence-electron chi connectivity index (χ2n) is 12.6. The second-order valence-corrected chi connectivity index (χ2v) is 18.6. The fourth-order valence-corrected chi connectivity index (χ4v) is 7.12. The van der Waals surface area contributed by atoms with Crippen LogP contribution >= 0.6 is 36.2 Å². The number of nitrogens with one attached hydrogen (secondary N) is 2. The summed E-state index contributed by atoms with van der Waals surface area (Å²) >= 11 is 10.3. The van der Waals surface area contributed by atoms with E-state index in [0.717, 1.165) is 12.3 Å². The van der Waals surface area contributed by atoms with Crippen molar-refractivity contribution < 1.29 is 70.6 Å². The number of hydrogen-bond donors (Lipinski definition) is 5. The summed E-state index contributed by atoms with van der Waals surface area (Å²) in [6, 6.07) is 21.6. The Morgan fingerprint density at radius 3 is 2.15 bits per heavy atom.